The Bertz CT molecular complexity index is 579. The molecular formula is C17H20O4. The van der Waals surface area contributed by atoms with Gasteiger partial charge in [-0.2, -0.15) is 0 Å². The lowest BCUT2D eigenvalue weighted by Crippen LogP contribution is -2.41. The first-order chi connectivity index (χ1) is 9.58. The van der Waals surface area contributed by atoms with Gasteiger partial charge in [-0.05, 0) is 22.6 Å². The van der Waals surface area contributed by atoms with Gasteiger partial charge in [-0.3, -0.25) is 0 Å². The number of ether oxygens (including phenoxy) is 2. The molecule has 1 fully saturated rings. The first-order valence-corrected chi connectivity index (χ1v) is 6.87. The molecule has 1 aromatic rings. The SMILES string of the molecule is CC1(C)OC(=O)C(=Cc2ccc(C(C)(C)C)cc2)C(=O)O1. The smallest absolute Gasteiger partial charge is 0.348 e. The van der Waals surface area contributed by atoms with Crippen molar-refractivity contribution in [3.63, 3.8) is 0 Å². The summed E-state index contributed by atoms with van der Waals surface area (Å²) in [6, 6.07) is 7.70. The average Bonchev–Trinajstić information content (AvgIpc) is 2.32. The highest BCUT2D eigenvalue weighted by molar-refractivity contribution is 6.18. The fraction of sp³-hybridized carbons (Fsp3) is 0.412. The molecule has 1 saturated heterocycles. The highest BCUT2D eigenvalue weighted by atomic mass is 16.7. The molecule has 0 amide bonds. The van der Waals surface area contributed by atoms with E-state index < -0.39 is 17.7 Å². The fourth-order valence-electron chi connectivity index (χ4n) is 2.02. The van der Waals surface area contributed by atoms with E-state index in [0.29, 0.717) is 0 Å². The molecule has 0 N–H and O–H groups in total. The monoisotopic (exact) mass is 288 g/mol. The Morgan fingerprint density at radius 1 is 0.952 bits per heavy atom. The number of esters is 2. The second-order valence-electron chi connectivity index (χ2n) is 6.61. The number of hydrogen-bond donors (Lipinski definition) is 0. The van der Waals surface area contributed by atoms with E-state index in [-0.39, 0.29) is 11.0 Å². The molecule has 21 heavy (non-hydrogen) atoms. The number of benzene rings is 1. The zero-order chi connectivity index (χ0) is 15.8. The lowest BCUT2D eigenvalue weighted by Gasteiger charge is -2.29. The Labute approximate surface area is 124 Å². The van der Waals surface area contributed by atoms with Crippen LogP contribution in [0.3, 0.4) is 0 Å². The summed E-state index contributed by atoms with van der Waals surface area (Å²) in [4.78, 5) is 23.7. The summed E-state index contributed by atoms with van der Waals surface area (Å²) in [6.07, 6.45) is 1.49. The number of cyclic esters (lactones) is 2. The van der Waals surface area contributed by atoms with E-state index >= 15 is 0 Å². The van der Waals surface area contributed by atoms with Gasteiger partial charge in [0.25, 0.3) is 5.79 Å². The maximum Gasteiger partial charge on any atom is 0.348 e. The van der Waals surface area contributed by atoms with Crippen molar-refractivity contribution in [1.82, 2.24) is 0 Å². The summed E-state index contributed by atoms with van der Waals surface area (Å²) in [6.45, 7) is 9.42. The zero-order valence-corrected chi connectivity index (χ0v) is 13.0. The normalized spacial score (nSPS) is 18.0. The Morgan fingerprint density at radius 2 is 1.43 bits per heavy atom. The first-order valence-electron chi connectivity index (χ1n) is 6.87. The van der Waals surface area contributed by atoms with Crippen LogP contribution in [0.15, 0.2) is 29.8 Å². The third-order valence-corrected chi connectivity index (χ3v) is 3.20. The van der Waals surface area contributed by atoms with Crippen molar-refractivity contribution in [2.24, 2.45) is 0 Å². The van der Waals surface area contributed by atoms with Gasteiger partial charge in [0.1, 0.15) is 5.57 Å². The number of hydrogen-bond acceptors (Lipinski definition) is 4. The average molecular weight is 288 g/mol. The second kappa shape index (κ2) is 5.02. The largest absolute Gasteiger partial charge is 0.419 e. The summed E-state index contributed by atoms with van der Waals surface area (Å²) in [7, 11) is 0. The lowest BCUT2D eigenvalue weighted by molar-refractivity contribution is -0.222. The standard InChI is InChI=1S/C17H20O4/c1-16(2,3)12-8-6-11(7-9-12)10-13-14(18)20-17(4,5)21-15(13)19/h6-10H,1-5H3. The van der Waals surface area contributed by atoms with Crippen molar-refractivity contribution in [3.05, 3.63) is 41.0 Å². The van der Waals surface area contributed by atoms with E-state index in [0.717, 1.165) is 5.56 Å². The molecule has 0 bridgehead atoms. The van der Waals surface area contributed by atoms with E-state index in [2.05, 4.69) is 20.8 Å². The van der Waals surface area contributed by atoms with Crippen molar-refractivity contribution in [2.45, 2.75) is 45.8 Å². The third-order valence-electron chi connectivity index (χ3n) is 3.20. The van der Waals surface area contributed by atoms with Crippen LogP contribution in [0, 0.1) is 0 Å². The molecular weight excluding hydrogens is 268 g/mol. The Balaban J connectivity index is 2.28. The molecule has 0 aromatic heterocycles. The molecule has 112 valence electrons. The van der Waals surface area contributed by atoms with Crippen LogP contribution in [0.1, 0.15) is 45.7 Å². The van der Waals surface area contributed by atoms with E-state index in [4.69, 9.17) is 9.47 Å². The number of carbonyl (C=O) groups excluding carboxylic acids is 2. The summed E-state index contributed by atoms with van der Waals surface area (Å²) >= 11 is 0. The van der Waals surface area contributed by atoms with Gasteiger partial charge in [0.2, 0.25) is 0 Å². The van der Waals surface area contributed by atoms with Gasteiger partial charge >= 0.3 is 11.9 Å². The molecule has 0 aliphatic carbocycles. The van der Waals surface area contributed by atoms with E-state index in [1.807, 2.05) is 24.3 Å². The van der Waals surface area contributed by atoms with E-state index in [1.54, 1.807) is 0 Å². The van der Waals surface area contributed by atoms with Crippen LogP contribution in [0.4, 0.5) is 0 Å². The number of carbonyl (C=O) groups is 2. The van der Waals surface area contributed by atoms with Crippen molar-refractivity contribution in [3.8, 4) is 0 Å². The van der Waals surface area contributed by atoms with Crippen molar-refractivity contribution < 1.29 is 19.1 Å². The van der Waals surface area contributed by atoms with Crippen LogP contribution in [0.2, 0.25) is 0 Å². The molecule has 0 atom stereocenters. The lowest BCUT2D eigenvalue weighted by atomic mass is 9.86. The van der Waals surface area contributed by atoms with Gasteiger partial charge in [-0.15, -0.1) is 0 Å². The summed E-state index contributed by atoms with van der Waals surface area (Å²) in [5.41, 5.74) is 1.90. The summed E-state index contributed by atoms with van der Waals surface area (Å²) < 4.78 is 10.1. The topological polar surface area (TPSA) is 52.6 Å². The maximum absolute atomic E-state index is 11.9. The van der Waals surface area contributed by atoms with Gasteiger partial charge in [-0.25, -0.2) is 9.59 Å². The maximum atomic E-state index is 11.9. The minimum Gasteiger partial charge on any atom is -0.419 e. The molecule has 1 heterocycles. The molecule has 4 heteroatoms. The van der Waals surface area contributed by atoms with Gasteiger partial charge in [-0.1, -0.05) is 45.0 Å². The van der Waals surface area contributed by atoms with Crippen molar-refractivity contribution in [2.75, 3.05) is 0 Å². The number of rotatable bonds is 1. The van der Waals surface area contributed by atoms with Crippen LogP contribution in [-0.2, 0) is 24.5 Å². The van der Waals surface area contributed by atoms with Crippen LogP contribution >= 0.6 is 0 Å². The Kier molecular flexibility index (Phi) is 3.66. The predicted octanol–water partition coefficient (Wildman–Crippen LogP) is 3.20. The zero-order valence-electron chi connectivity index (χ0n) is 13.0. The summed E-state index contributed by atoms with van der Waals surface area (Å²) in [5.74, 6) is -2.52. The Morgan fingerprint density at radius 3 is 1.86 bits per heavy atom. The molecule has 0 saturated carbocycles. The van der Waals surface area contributed by atoms with Crippen LogP contribution in [0.25, 0.3) is 6.08 Å². The molecule has 0 unspecified atom stereocenters. The molecule has 1 aliphatic heterocycles. The highest BCUT2D eigenvalue weighted by Crippen LogP contribution is 2.26. The highest BCUT2D eigenvalue weighted by Gasteiger charge is 2.38. The van der Waals surface area contributed by atoms with Crippen LogP contribution < -0.4 is 0 Å². The van der Waals surface area contributed by atoms with Crippen LogP contribution in [-0.4, -0.2) is 17.7 Å². The molecule has 0 spiro atoms. The molecule has 1 aromatic carbocycles. The molecule has 1 aliphatic rings. The predicted molar refractivity (Wildman–Crippen MR) is 79.4 cm³/mol. The van der Waals surface area contributed by atoms with Crippen molar-refractivity contribution in [1.29, 1.82) is 0 Å². The molecule has 4 nitrogen and oxygen atoms in total. The minimum atomic E-state index is -1.21. The first kappa shape index (κ1) is 15.3. The Hall–Kier alpha value is -2.10. The second-order valence-corrected chi connectivity index (χ2v) is 6.61. The third kappa shape index (κ3) is 3.51. The van der Waals surface area contributed by atoms with Crippen molar-refractivity contribution >= 4 is 18.0 Å². The molecule has 0 radical (unpaired) electrons. The molecule has 2 rings (SSSR count). The van der Waals surface area contributed by atoms with Crippen LogP contribution in [0.5, 0.6) is 0 Å². The summed E-state index contributed by atoms with van der Waals surface area (Å²) in [5, 5.41) is 0. The van der Waals surface area contributed by atoms with E-state index in [1.165, 1.54) is 25.5 Å². The minimum absolute atomic E-state index is 0.0540. The van der Waals surface area contributed by atoms with Gasteiger partial charge < -0.3 is 9.47 Å². The van der Waals surface area contributed by atoms with Gasteiger partial charge in [0, 0.05) is 13.8 Å². The quantitative estimate of drug-likeness (QED) is 0.452. The van der Waals surface area contributed by atoms with Gasteiger partial charge in [0.05, 0.1) is 0 Å². The van der Waals surface area contributed by atoms with E-state index in [9.17, 15) is 9.59 Å². The fourth-order valence-corrected chi connectivity index (χ4v) is 2.02. The van der Waals surface area contributed by atoms with Gasteiger partial charge in [0.15, 0.2) is 0 Å².